The van der Waals surface area contributed by atoms with Crippen LogP contribution in [0, 0.1) is 0 Å². The Kier molecular flexibility index (Phi) is 6.20. The zero-order valence-corrected chi connectivity index (χ0v) is 15.2. The molecular weight excluding hydrogens is 340 g/mol. The molecule has 0 atom stereocenters. The van der Waals surface area contributed by atoms with Crippen molar-refractivity contribution in [3.63, 3.8) is 0 Å². The van der Waals surface area contributed by atoms with Gasteiger partial charge in [0, 0.05) is 5.54 Å². The monoisotopic (exact) mass is 364 g/mol. The summed E-state index contributed by atoms with van der Waals surface area (Å²) < 4.78 is 15.3. The van der Waals surface area contributed by atoms with E-state index < -0.39 is 35.7 Å². The van der Waals surface area contributed by atoms with Gasteiger partial charge in [-0.1, -0.05) is 30.3 Å². The molecule has 2 rings (SSSR count). The number of nitrogens with one attached hydrogen (secondary N) is 2. The predicted molar refractivity (Wildman–Crippen MR) is 92.2 cm³/mol. The number of carbonyl (C=O) groups is 3. The van der Waals surface area contributed by atoms with Crippen molar-refractivity contribution in [2.75, 3.05) is 19.8 Å². The Hall–Kier alpha value is -2.61. The second-order valence-electron chi connectivity index (χ2n) is 7.08. The largest absolute Gasteiger partial charge is 0.445 e. The number of alkyl carbamates (subject to hydrolysis) is 1. The Labute approximate surface area is 152 Å². The molecule has 2 amide bonds. The summed E-state index contributed by atoms with van der Waals surface area (Å²) in [6, 6.07) is 9.15. The van der Waals surface area contributed by atoms with Gasteiger partial charge in [-0.3, -0.25) is 9.59 Å². The Balaban J connectivity index is 1.76. The van der Waals surface area contributed by atoms with Crippen molar-refractivity contribution in [1.82, 2.24) is 10.6 Å². The molecule has 142 valence electrons. The lowest BCUT2D eigenvalue weighted by atomic mass is 9.98. The van der Waals surface area contributed by atoms with Crippen molar-refractivity contribution < 1.29 is 28.6 Å². The van der Waals surface area contributed by atoms with E-state index in [9.17, 15) is 14.4 Å². The fourth-order valence-corrected chi connectivity index (χ4v) is 2.15. The highest BCUT2D eigenvalue weighted by Crippen LogP contribution is 2.23. The summed E-state index contributed by atoms with van der Waals surface area (Å²) in [5.74, 6) is -1.16. The number of ether oxygens (including phenoxy) is 3. The highest BCUT2D eigenvalue weighted by atomic mass is 16.6. The van der Waals surface area contributed by atoms with Crippen molar-refractivity contribution in [3.8, 4) is 0 Å². The van der Waals surface area contributed by atoms with Gasteiger partial charge in [-0.05, 0) is 26.3 Å². The molecule has 1 aliphatic heterocycles. The van der Waals surface area contributed by atoms with Crippen LogP contribution in [0.25, 0.3) is 0 Å². The maximum absolute atomic E-state index is 12.3. The summed E-state index contributed by atoms with van der Waals surface area (Å²) in [5, 5.41) is 5.06. The van der Waals surface area contributed by atoms with Gasteiger partial charge in [-0.25, -0.2) is 4.79 Å². The van der Waals surface area contributed by atoms with E-state index in [1.165, 1.54) is 0 Å². The molecule has 1 aromatic rings. The molecule has 0 bridgehead atoms. The molecule has 0 unspecified atom stereocenters. The first-order valence-electron chi connectivity index (χ1n) is 8.27. The lowest BCUT2D eigenvalue weighted by Gasteiger charge is -2.40. The van der Waals surface area contributed by atoms with Gasteiger partial charge in [-0.2, -0.15) is 0 Å². The molecule has 8 nitrogen and oxygen atoms in total. The quantitative estimate of drug-likeness (QED) is 0.734. The van der Waals surface area contributed by atoms with E-state index in [2.05, 4.69) is 10.6 Å². The van der Waals surface area contributed by atoms with Crippen LogP contribution >= 0.6 is 0 Å². The second kappa shape index (κ2) is 8.18. The normalized spacial score (nSPS) is 15.3. The zero-order chi connectivity index (χ0) is 19.2. The Morgan fingerprint density at radius 2 is 1.81 bits per heavy atom. The van der Waals surface area contributed by atoms with E-state index in [-0.39, 0.29) is 19.8 Å². The van der Waals surface area contributed by atoms with Gasteiger partial charge in [0.2, 0.25) is 5.60 Å². The molecule has 2 N–H and O–H groups in total. The molecule has 1 aliphatic rings. The number of rotatable bonds is 6. The number of esters is 1. The van der Waals surface area contributed by atoms with Gasteiger partial charge in [0.1, 0.15) is 13.2 Å². The molecule has 1 fully saturated rings. The van der Waals surface area contributed by atoms with Gasteiger partial charge >= 0.3 is 12.1 Å². The minimum Gasteiger partial charge on any atom is -0.445 e. The lowest BCUT2D eigenvalue weighted by molar-refractivity contribution is -0.213. The number of hydrogen-bond acceptors (Lipinski definition) is 6. The molecule has 0 spiro atoms. The first-order valence-corrected chi connectivity index (χ1v) is 8.27. The van der Waals surface area contributed by atoms with Crippen LogP contribution in [0.2, 0.25) is 0 Å². The summed E-state index contributed by atoms with van der Waals surface area (Å²) in [4.78, 5) is 35.9. The van der Waals surface area contributed by atoms with E-state index in [0.29, 0.717) is 0 Å². The fraction of sp³-hybridized carbons (Fsp3) is 0.500. The average molecular weight is 364 g/mol. The summed E-state index contributed by atoms with van der Waals surface area (Å²) in [6.07, 6.45) is -0.746. The molecule has 0 aliphatic carbocycles. The summed E-state index contributed by atoms with van der Waals surface area (Å²) >= 11 is 0. The van der Waals surface area contributed by atoms with E-state index >= 15 is 0 Å². The van der Waals surface area contributed by atoms with Crippen LogP contribution < -0.4 is 10.6 Å². The van der Waals surface area contributed by atoms with E-state index in [1.807, 2.05) is 51.1 Å². The van der Waals surface area contributed by atoms with Crippen molar-refractivity contribution in [1.29, 1.82) is 0 Å². The lowest BCUT2D eigenvalue weighted by Crippen LogP contribution is -2.65. The average Bonchev–Trinajstić information content (AvgIpc) is 2.53. The maximum atomic E-state index is 12.3. The SMILES string of the molecule is CC(C)(C)NC(=O)C1(OC(=O)CNC(=O)OCc2ccccc2)COC1. The topological polar surface area (TPSA) is 103 Å². The van der Waals surface area contributed by atoms with Crippen molar-refractivity contribution >= 4 is 18.0 Å². The van der Waals surface area contributed by atoms with E-state index in [0.717, 1.165) is 5.56 Å². The third-order valence-corrected chi connectivity index (χ3v) is 3.47. The van der Waals surface area contributed by atoms with Crippen molar-refractivity contribution in [2.24, 2.45) is 0 Å². The van der Waals surface area contributed by atoms with Gasteiger partial charge in [-0.15, -0.1) is 0 Å². The van der Waals surface area contributed by atoms with Gasteiger partial charge < -0.3 is 24.8 Å². The fourth-order valence-electron chi connectivity index (χ4n) is 2.15. The zero-order valence-electron chi connectivity index (χ0n) is 15.2. The Bertz CT molecular complexity index is 649. The molecule has 26 heavy (non-hydrogen) atoms. The number of benzene rings is 1. The predicted octanol–water partition coefficient (Wildman–Crippen LogP) is 1.14. The molecule has 0 saturated carbocycles. The molecule has 1 saturated heterocycles. The highest BCUT2D eigenvalue weighted by molar-refractivity contribution is 5.90. The van der Waals surface area contributed by atoms with Gasteiger partial charge in [0.15, 0.2) is 0 Å². The third-order valence-electron chi connectivity index (χ3n) is 3.47. The van der Waals surface area contributed by atoms with Crippen LogP contribution in [0.3, 0.4) is 0 Å². The van der Waals surface area contributed by atoms with Crippen molar-refractivity contribution in [2.45, 2.75) is 38.5 Å². The smallest absolute Gasteiger partial charge is 0.407 e. The maximum Gasteiger partial charge on any atom is 0.407 e. The molecule has 8 heteroatoms. The molecule has 0 radical (unpaired) electrons. The van der Waals surface area contributed by atoms with Crippen LogP contribution in [0.15, 0.2) is 30.3 Å². The minimum atomic E-state index is -1.35. The van der Waals surface area contributed by atoms with E-state index in [1.54, 1.807) is 0 Å². The first-order chi connectivity index (χ1) is 12.2. The summed E-state index contributed by atoms with van der Waals surface area (Å²) in [5.41, 5.74) is -0.986. The van der Waals surface area contributed by atoms with Crippen LogP contribution in [-0.4, -0.2) is 48.9 Å². The molecule has 0 aromatic heterocycles. The van der Waals surface area contributed by atoms with Crippen LogP contribution in [0.5, 0.6) is 0 Å². The molecular formula is C18H24N2O6. The number of carbonyl (C=O) groups excluding carboxylic acids is 3. The summed E-state index contributed by atoms with van der Waals surface area (Å²) in [6.45, 7) is 5.13. The third kappa shape index (κ3) is 5.73. The second-order valence-corrected chi connectivity index (χ2v) is 7.08. The molecule has 1 heterocycles. The Morgan fingerprint density at radius 1 is 1.15 bits per heavy atom. The van der Waals surface area contributed by atoms with Gasteiger partial charge in [0.05, 0.1) is 13.2 Å². The Morgan fingerprint density at radius 3 is 2.35 bits per heavy atom. The number of hydrogen-bond donors (Lipinski definition) is 2. The highest BCUT2D eigenvalue weighted by Gasteiger charge is 2.50. The number of amides is 2. The van der Waals surface area contributed by atoms with Crippen LogP contribution in [-0.2, 0) is 30.4 Å². The van der Waals surface area contributed by atoms with E-state index in [4.69, 9.17) is 14.2 Å². The van der Waals surface area contributed by atoms with Crippen LogP contribution in [0.1, 0.15) is 26.3 Å². The first kappa shape index (κ1) is 19.7. The standard InChI is InChI=1S/C18H24N2O6/c1-17(2,3)20-15(22)18(11-24-12-18)26-14(21)9-19-16(23)25-10-13-7-5-4-6-8-13/h4-8H,9-12H2,1-3H3,(H,19,23)(H,20,22). The van der Waals surface area contributed by atoms with Crippen molar-refractivity contribution in [3.05, 3.63) is 35.9 Å². The van der Waals surface area contributed by atoms with Crippen LogP contribution in [0.4, 0.5) is 4.79 Å². The van der Waals surface area contributed by atoms with Gasteiger partial charge in [0.25, 0.3) is 5.91 Å². The molecule has 1 aromatic carbocycles. The minimum absolute atomic E-state index is 0.0148. The summed E-state index contributed by atoms with van der Waals surface area (Å²) in [7, 11) is 0.